The number of hydrogen-bond acceptors (Lipinski definition) is 8. The Hall–Kier alpha value is -0.790. The Labute approximate surface area is 228 Å². The molecule has 1 saturated carbocycles. The summed E-state index contributed by atoms with van der Waals surface area (Å²) in [5.41, 5.74) is -0.0178. The Morgan fingerprint density at radius 1 is 1.17 bits per heavy atom. The van der Waals surface area contributed by atoms with Crippen LogP contribution in [0.15, 0.2) is 33.9 Å². The molecule has 1 aliphatic heterocycles. The number of fused-ring (bicyclic) bond motifs is 1. The summed E-state index contributed by atoms with van der Waals surface area (Å²) in [6.45, 7) is 6.61. The van der Waals surface area contributed by atoms with Crippen LogP contribution in [-0.4, -0.2) is 77.1 Å². The lowest BCUT2D eigenvalue weighted by molar-refractivity contribution is -0.291. The maximum Gasteiger partial charge on any atom is 0.163 e. The van der Waals surface area contributed by atoms with E-state index in [1.807, 2.05) is 37.3 Å². The van der Waals surface area contributed by atoms with Crippen LogP contribution in [-0.2, 0) is 35.0 Å². The highest BCUT2D eigenvalue weighted by atomic mass is 127. The number of hydrogen-bond donors (Lipinski definition) is 1. The topological polar surface area (TPSA) is 84.8 Å². The van der Waals surface area contributed by atoms with Crippen LogP contribution in [0.3, 0.4) is 0 Å². The average molecular weight is 621 g/mol. The van der Waals surface area contributed by atoms with Gasteiger partial charge in [-0.25, -0.2) is 0 Å². The number of allylic oxidation sites excluding steroid dienone is 1. The van der Waals surface area contributed by atoms with Crippen LogP contribution in [0.4, 0.5) is 0 Å². The van der Waals surface area contributed by atoms with Gasteiger partial charge in [0, 0.05) is 33.2 Å². The van der Waals surface area contributed by atoms with Crippen LogP contribution in [0.1, 0.15) is 32.8 Å². The fourth-order valence-corrected chi connectivity index (χ4v) is 6.38. The summed E-state index contributed by atoms with van der Waals surface area (Å²) >= 11 is 2.27. The SMILES string of the molecule is COCO[C@@H]([C@@H]1[C@@H](OC)O[C@]2([C@@H](CO)OCc3ccc(OC)cc3)[C@H]1CC2(C)C)[C@H](/C=C(\C)I)OC. The van der Waals surface area contributed by atoms with Crippen molar-refractivity contribution in [2.75, 3.05) is 41.8 Å². The number of benzene rings is 1. The van der Waals surface area contributed by atoms with Gasteiger partial charge < -0.3 is 38.3 Å². The fourth-order valence-electron chi connectivity index (χ4n) is 6.03. The Morgan fingerprint density at radius 2 is 1.86 bits per heavy atom. The van der Waals surface area contributed by atoms with Crippen molar-refractivity contribution in [2.24, 2.45) is 17.3 Å². The highest BCUT2D eigenvalue weighted by molar-refractivity contribution is 14.1. The summed E-state index contributed by atoms with van der Waals surface area (Å²) in [5.74, 6) is 0.647. The van der Waals surface area contributed by atoms with Crippen molar-refractivity contribution in [3.8, 4) is 5.75 Å². The van der Waals surface area contributed by atoms with Crippen LogP contribution in [0.2, 0.25) is 0 Å². The molecule has 2 fully saturated rings. The molecule has 8 nitrogen and oxygen atoms in total. The Balaban J connectivity index is 1.92. The van der Waals surface area contributed by atoms with Crippen LogP contribution >= 0.6 is 22.6 Å². The summed E-state index contributed by atoms with van der Waals surface area (Å²) < 4.78 is 42.7. The molecule has 1 heterocycles. The minimum Gasteiger partial charge on any atom is -0.497 e. The van der Waals surface area contributed by atoms with Crippen LogP contribution in [0.5, 0.6) is 5.75 Å². The molecule has 36 heavy (non-hydrogen) atoms. The van der Waals surface area contributed by atoms with Gasteiger partial charge in [0.1, 0.15) is 30.4 Å². The Bertz CT molecular complexity index is 856. The summed E-state index contributed by atoms with van der Waals surface area (Å²) in [6, 6.07) is 7.72. The number of aliphatic hydroxyl groups excluding tert-OH is 1. The molecule has 0 amide bonds. The van der Waals surface area contributed by atoms with Gasteiger partial charge in [-0.2, -0.15) is 0 Å². The molecule has 1 aliphatic carbocycles. The summed E-state index contributed by atoms with van der Waals surface area (Å²) in [7, 11) is 6.56. The van der Waals surface area contributed by atoms with E-state index in [-0.39, 0.29) is 42.9 Å². The van der Waals surface area contributed by atoms with E-state index in [0.29, 0.717) is 6.61 Å². The first-order valence-electron chi connectivity index (χ1n) is 12.2. The smallest absolute Gasteiger partial charge is 0.163 e. The minimum atomic E-state index is -0.754. The molecule has 0 radical (unpaired) electrons. The number of methoxy groups -OCH3 is 4. The second-order valence-electron chi connectivity index (χ2n) is 10.1. The molecule has 0 bridgehead atoms. The van der Waals surface area contributed by atoms with E-state index >= 15 is 0 Å². The molecule has 9 heteroatoms. The van der Waals surface area contributed by atoms with Gasteiger partial charge in [-0.05, 0) is 68.7 Å². The molecule has 7 atom stereocenters. The number of ether oxygens (including phenoxy) is 7. The molecule has 3 rings (SSSR count). The molecule has 1 aromatic rings. The van der Waals surface area contributed by atoms with E-state index in [2.05, 4.69) is 36.4 Å². The van der Waals surface area contributed by atoms with Crippen molar-refractivity contribution in [1.29, 1.82) is 0 Å². The van der Waals surface area contributed by atoms with Crippen LogP contribution in [0.25, 0.3) is 0 Å². The van der Waals surface area contributed by atoms with Crippen LogP contribution in [0, 0.1) is 17.3 Å². The second-order valence-corrected chi connectivity index (χ2v) is 11.8. The highest BCUT2D eigenvalue weighted by Gasteiger charge is 2.74. The summed E-state index contributed by atoms with van der Waals surface area (Å²) in [4.78, 5) is 0. The zero-order chi connectivity index (χ0) is 26.5. The Morgan fingerprint density at radius 3 is 2.36 bits per heavy atom. The van der Waals surface area contributed by atoms with Crippen molar-refractivity contribution < 1.29 is 38.3 Å². The molecule has 204 valence electrons. The third-order valence-corrected chi connectivity index (χ3v) is 8.02. The highest BCUT2D eigenvalue weighted by Crippen LogP contribution is 2.67. The van der Waals surface area contributed by atoms with Gasteiger partial charge >= 0.3 is 0 Å². The predicted octanol–water partition coefficient (Wildman–Crippen LogP) is 4.32. The van der Waals surface area contributed by atoms with Crippen molar-refractivity contribution in [3.63, 3.8) is 0 Å². The van der Waals surface area contributed by atoms with E-state index in [9.17, 15) is 5.11 Å². The van der Waals surface area contributed by atoms with Crippen molar-refractivity contribution >= 4 is 22.6 Å². The quantitative estimate of drug-likeness (QED) is 0.243. The molecule has 1 saturated heterocycles. The first-order chi connectivity index (χ1) is 17.2. The number of halogens is 1. The van der Waals surface area contributed by atoms with E-state index in [1.54, 1.807) is 28.4 Å². The zero-order valence-corrected chi connectivity index (χ0v) is 24.5. The molecule has 0 aromatic heterocycles. The maximum absolute atomic E-state index is 10.5. The normalized spacial score (nSPS) is 29.8. The van der Waals surface area contributed by atoms with Gasteiger partial charge in [-0.3, -0.25) is 0 Å². The summed E-state index contributed by atoms with van der Waals surface area (Å²) in [6.07, 6.45) is 1.10. The zero-order valence-electron chi connectivity index (χ0n) is 22.4. The molecule has 0 unspecified atom stereocenters. The third-order valence-electron chi connectivity index (χ3n) is 7.66. The van der Waals surface area contributed by atoms with Gasteiger partial charge in [-0.15, -0.1) is 0 Å². The standard InChI is InChI=1S/C27H41IO8/c1-17(28)12-21(32-6)24(35-16-30-4)23-20-13-26(2,3)27(20,36-25(23)33-7)22(14-29)34-15-18-8-10-19(31-5)11-9-18/h8-12,20-25,29H,13-16H2,1-7H3/b17-12+/t20-,21-,22+,23+,24+,25-,27-/m0/s1. The first kappa shape index (κ1) is 29.8. The lowest BCUT2D eigenvalue weighted by Gasteiger charge is -2.61. The van der Waals surface area contributed by atoms with Gasteiger partial charge in [-0.1, -0.05) is 26.0 Å². The van der Waals surface area contributed by atoms with E-state index in [4.69, 9.17) is 33.2 Å². The molecule has 1 N–H and O–H groups in total. The average Bonchev–Trinajstić information content (AvgIpc) is 3.14. The van der Waals surface area contributed by atoms with Gasteiger partial charge in [0.2, 0.25) is 0 Å². The molecule has 0 spiro atoms. The molecule has 2 aliphatic rings. The van der Waals surface area contributed by atoms with Gasteiger partial charge in [0.25, 0.3) is 0 Å². The first-order valence-corrected chi connectivity index (χ1v) is 13.3. The van der Waals surface area contributed by atoms with Crippen molar-refractivity contribution in [2.45, 2.75) is 64.0 Å². The monoisotopic (exact) mass is 620 g/mol. The van der Waals surface area contributed by atoms with Crippen molar-refractivity contribution in [1.82, 2.24) is 0 Å². The summed E-state index contributed by atoms with van der Waals surface area (Å²) in [5, 5.41) is 10.5. The third kappa shape index (κ3) is 5.78. The van der Waals surface area contributed by atoms with E-state index in [1.165, 1.54) is 0 Å². The number of aliphatic hydroxyl groups is 1. The molecular weight excluding hydrogens is 579 g/mol. The largest absolute Gasteiger partial charge is 0.497 e. The Kier molecular flexibility index (Phi) is 10.6. The lowest BCUT2D eigenvalue weighted by Crippen LogP contribution is -2.69. The lowest BCUT2D eigenvalue weighted by atomic mass is 9.47. The van der Waals surface area contributed by atoms with Crippen molar-refractivity contribution in [3.05, 3.63) is 39.5 Å². The van der Waals surface area contributed by atoms with Gasteiger partial charge in [0.05, 0.1) is 26.4 Å². The molecule has 1 aromatic carbocycles. The van der Waals surface area contributed by atoms with Gasteiger partial charge in [0.15, 0.2) is 6.29 Å². The maximum atomic E-state index is 10.5. The van der Waals surface area contributed by atoms with E-state index < -0.39 is 18.0 Å². The molecular formula is C27H41IO8. The fraction of sp³-hybridized carbons (Fsp3) is 0.704. The van der Waals surface area contributed by atoms with Crippen LogP contribution < -0.4 is 4.74 Å². The number of rotatable bonds is 14. The van der Waals surface area contributed by atoms with E-state index in [0.717, 1.165) is 21.3 Å². The predicted molar refractivity (Wildman–Crippen MR) is 144 cm³/mol. The second kappa shape index (κ2) is 12.8. The minimum absolute atomic E-state index is 0.0212.